The summed E-state index contributed by atoms with van der Waals surface area (Å²) in [5.41, 5.74) is 2.17. The molecule has 1 amide bonds. The summed E-state index contributed by atoms with van der Waals surface area (Å²) < 4.78 is 11.4. The predicted molar refractivity (Wildman–Crippen MR) is 91.8 cm³/mol. The van der Waals surface area contributed by atoms with Crippen LogP contribution in [0, 0.1) is 13.8 Å². The molecule has 1 aromatic rings. The molecule has 0 aliphatic carbocycles. The van der Waals surface area contributed by atoms with Gasteiger partial charge in [-0.25, -0.2) is 4.98 Å². The zero-order valence-corrected chi connectivity index (χ0v) is 15.2. The highest BCUT2D eigenvalue weighted by atomic mass is 32.1. The highest BCUT2D eigenvalue weighted by molar-refractivity contribution is 7.11. The van der Waals surface area contributed by atoms with E-state index in [-0.39, 0.29) is 18.1 Å². The molecular formula is C17H26N2O3S. The molecule has 0 radical (unpaired) electrons. The maximum atomic E-state index is 12.3. The topological polar surface area (TPSA) is 60.5 Å². The van der Waals surface area contributed by atoms with Crippen LogP contribution in [0.4, 0.5) is 0 Å². The number of ether oxygens (including phenoxy) is 2. The molecule has 1 aromatic heterocycles. The second-order valence-corrected chi connectivity index (χ2v) is 7.40. The number of hydrogen-bond acceptors (Lipinski definition) is 5. The van der Waals surface area contributed by atoms with Gasteiger partial charge in [-0.1, -0.05) is 11.6 Å². The molecule has 2 rings (SSSR count). The Morgan fingerprint density at radius 1 is 1.48 bits per heavy atom. The molecule has 0 aromatic carbocycles. The van der Waals surface area contributed by atoms with E-state index in [1.807, 2.05) is 27.7 Å². The molecule has 2 heterocycles. The molecule has 1 aliphatic heterocycles. The number of carbonyl (C=O) groups is 1. The van der Waals surface area contributed by atoms with Crippen molar-refractivity contribution in [3.63, 3.8) is 0 Å². The first kappa shape index (κ1) is 18.1. The van der Waals surface area contributed by atoms with Crippen LogP contribution in [0.25, 0.3) is 0 Å². The molecular weight excluding hydrogens is 312 g/mol. The normalized spacial score (nSPS) is 21.0. The molecule has 23 heavy (non-hydrogen) atoms. The standard InChI is InChI=1S/C17H26N2O3S/c1-11(2)5-8-22-15-6-7-21-10-14(15)19-17(20)9-16-12(3)18-13(4)23-16/h5,14-15H,6-10H2,1-4H3,(H,19,20)/t14-,15+/m0/s1. The lowest BCUT2D eigenvalue weighted by molar-refractivity contribution is -0.125. The SMILES string of the molecule is CC(C)=CCO[C@@H]1CCOC[C@@H]1NC(=O)Cc1sc(C)nc1C. The van der Waals surface area contributed by atoms with Gasteiger partial charge in [-0.2, -0.15) is 0 Å². The van der Waals surface area contributed by atoms with Crippen LogP contribution in [0.1, 0.15) is 35.8 Å². The van der Waals surface area contributed by atoms with E-state index < -0.39 is 0 Å². The largest absolute Gasteiger partial charge is 0.379 e. The van der Waals surface area contributed by atoms with Crippen LogP contribution in [0.5, 0.6) is 0 Å². The van der Waals surface area contributed by atoms with E-state index in [4.69, 9.17) is 9.47 Å². The number of carbonyl (C=O) groups excluding carboxylic acids is 1. The summed E-state index contributed by atoms with van der Waals surface area (Å²) in [6.07, 6.45) is 3.24. The number of nitrogens with zero attached hydrogens (tertiary/aromatic N) is 1. The zero-order chi connectivity index (χ0) is 16.8. The van der Waals surface area contributed by atoms with Gasteiger partial charge in [0.15, 0.2) is 0 Å². The van der Waals surface area contributed by atoms with Crippen LogP contribution in [0.15, 0.2) is 11.6 Å². The quantitative estimate of drug-likeness (QED) is 0.810. The first-order valence-electron chi connectivity index (χ1n) is 8.00. The van der Waals surface area contributed by atoms with Crippen LogP contribution in [-0.4, -0.2) is 42.9 Å². The molecule has 6 heteroatoms. The Morgan fingerprint density at radius 3 is 2.91 bits per heavy atom. The third kappa shape index (κ3) is 5.71. The van der Waals surface area contributed by atoms with Crippen molar-refractivity contribution in [2.24, 2.45) is 0 Å². The number of nitrogens with one attached hydrogen (secondary N) is 1. The highest BCUT2D eigenvalue weighted by Gasteiger charge is 2.28. The fourth-order valence-corrected chi connectivity index (χ4v) is 3.47. The molecule has 1 fully saturated rings. The van der Waals surface area contributed by atoms with Crippen molar-refractivity contribution in [2.45, 2.75) is 52.7 Å². The number of amides is 1. The minimum atomic E-state index is -0.0869. The van der Waals surface area contributed by atoms with Gasteiger partial charge >= 0.3 is 0 Å². The molecule has 2 atom stereocenters. The molecule has 5 nitrogen and oxygen atoms in total. The maximum absolute atomic E-state index is 12.3. The van der Waals surface area contributed by atoms with Gasteiger partial charge in [-0.3, -0.25) is 4.79 Å². The summed E-state index contributed by atoms with van der Waals surface area (Å²) in [5, 5.41) is 4.06. The Kier molecular flexibility index (Phi) is 6.74. The van der Waals surface area contributed by atoms with Crippen LogP contribution in [0.3, 0.4) is 0 Å². The van der Waals surface area contributed by atoms with Crippen LogP contribution in [0.2, 0.25) is 0 Å². The number of thiazole rings is 1. The lowest BCUT2D eigenvalue weighted by Gasteiger charge is -2.31. The Bertz CT molecular complexity index is 564. The van der Waals surface area contributed by atoms with E-state index in [1.165, 1.54) is 5.57 Å². The zero-order valence-electron chi connectivity index (χ0n) is 14.3. The summed E-state index contributed by atoms with van der Waals surface area (Å²) in [7, 11) is 0. The number of rotatable bonds is 6. The van der Waals surface area contributed by atoms with Crippen LogP contribution >= 0.6 is 11.3 Å². The Labute approximate surface area is 142 Å². The summed E-state index contributed by atoms with van der Waals surface area (Å²) in [6.45, 7) is 9.76. The van der Waals surface area contributed by atoms with Gasteiger partial charge in [0, 0.05) is 11.5 Å². The van der Waals surface area contributed by atoms with Crippen molar-refractivity contribution >= 4 is 17.2 Å². The Hall–Kier alpha value is -1.24. The minimum absolute atomic E-state index is 0.00284. The van der Waals surface area contributed by atoms with E-state index in [0.29, 0.717) is 26.2 Å². The van der Waals surface area contributed by atoms with Crippen molar-refractivity contribution in [1.82, 2.24) is 10.3 Å². The van der Waals surface area contributed by atoms with Gasteiger partial charge in [-0.15, -0.1) is 11.3 Å². The average molecular weight is 338 g/mol. The monoisotopic (exact) mass is 338 g/mol. The third-order valence-corrected chi connectivity index (χ3v) is 4.83. The van der Waals surface area contributed by atoms with E-state index >= 15 is 0 Å². The fraction of sp³-hybridized carbons (Fsp3) is 0.647. The van der Waals surface area contributed by atoms with Crippen molar-refractivity contribution in [3.05, 3.63) is 27.2 Å². The number of aryl methyl sites for hydroxylation is 2. The summed E-state index contributed by atoms with van der Waals surface area (Å²) in [5.74, 6) is 0.00284. The summed E-state index contributed by atoms with van der Waals surface area (Å²) in [6, 6.07) is -0.0869. The van der Waals surface area contributed by atoms with Gasteiger partial charge in [0.25, 0.3) is 0 Å². The van der Waals surface area contributed by atoms with Gasteiger partial charge in [0.05, 0.1) is 42.5 Å². The van der Waals surface area contributed by atoms with E-state index in [1.54, 1.807) is 11.3 Å². The molecule has 128 valence electrons. The van der Waals surface area contributed by atoms with E-state index in [9.17, 15) is 4.79 Å². The second kappa shape index (κ2) is 8.57. The van der Waals surface area contributed by atoms with Gasteiger partial charge in [-0.05, 0) is 34.1 Å². The third-order valence-electron chi connectivity index (χ3n) is 3.76. The van der Waals surface area contributed by atoms with E-state index in [2.05, 4.69) is 16.4 Å². The van der Waals surface area contributed by atoms with Crippen LogP contribution < -0.4 is 5.32 Å². The molecule has 1 aliphatic rings. The van der Waals surface area contributed by atoms with Crippen molar-refractivity contribution in [2.75, 3.05) is 19.8 Å². The highest BCUT2D eigenvalue weighted by Crippen LogP contribution is 2.18. The van der Waals surface area contributed by atoms with Gasteiger partial charge in [0.1, 0.15) is 0 Å². The smallest absolute Gasteiger partial charge is 0.225 e. The first-order valence-corrected chi connectivity index (χ1v) is 8.82. The Balaban J connectivity index is 1.89. The predicted octanol–water partition coefficient (Wildman–Crippen LogP) is 2.56. The summed E-state index contributed by atoms with van der Waals surface area (Å²) in [4.78, 5) is 17.7. The van der Waals surface area contributed by atoms with Crippen LogP contribution in [-0.2, 0) is 20.7 Å². The molecule has 0 saturated carbocycles. The number of aromatic nitrogens is 1. The van der Waals surface area contributed by atoms with Crippen molar-refractivity contribution < 1.29 is 14.3 Å². The van der Waals surface area contributed by atoms with Gasteiger partial charge < -0.3 is 14.8 Å². The van der Waals surface area contributed by atoms with Crippen molar-refractivity contribution in [1.29, 1.82) is 0 Å². The first-order chi connectivity index (χ1) is 11.0. The molecule has 0 unspecified atom stereocenters. The summed E-state index contributed by atoms with van der Waals surface area (Å²) >= 11 is 1.58. The minimum Gasteiger partial charge on any atom is -0.379 e. The van der Waals surface area contributed by atoms with Crippen molar-refractivity contribution in [3.8, 4) is 0 Å². The number of hydrogen-bond donors (Lipinski definition) is 1. The molecule has 1 saturated heterocycles. The lowest BCUT2D eigenvalue weighted by atomic mass is 10.1. The van der Waals surface area contributed by atoms with Gasteiger partial charge in [0.2, 0.25) is 5.91 Å². The second-order valence-electron chi connectivity index (χ2n) is 6.11. The average Bonchev–Trinajstić information content (AvgIpc) is 2.78. The molecule has 0 bridgehead atoms. The maximum Gasteiger partial charge on any atom is 0.225 e. The molecule has 0 spiro atoms. The lowest BCUT2D eigenvalue weighted by Crippen LogP contribution is -2.51. The Morgan fingerprint density at radius 2 is 2.26 bits per heavy atom. The van der Waals surface area contributed by atoms with E-state index in [0.717, 1.165) is 22.0 Å². The fourth-order valence-electron chi connectivity index (χ4n) is 2.53. The molecule has 1 N–H and O–H groups in total. The number of allylic oxidation sites excluding steroid dienone is 1.